The first-order chi connectivity index (χ1) is 8.61. The Morgan fingerprint density at radius 3 is 3.06 bits per heavy atom. The van der Waals surface area contributed by atoms with Crippen LogP contribution in [0.3, 0.4) is 0 Å². The Morgan fingerprint density at radius 2 is 2.33 bits per heavy atom. The molecule has 18 heavy (non-hydrogen) atoms. The first kappa shape index (κ1) is 12.5. The maximum atomic E-state index is 13.0. The highest BCUT2D eigenvalue weighted by Crippen LogP contribution is 2.30. The second kappa shape index (κ2) is 5.14. The van der Waals surface area contributed by atoms with Crippen molar-refractivity contribution < 1.29 is 18.7 Å². The molecule has 1 amide bonds. The molecule has 1 unspecified atom stereocenters. The molecule has 5 nitrogen and oxygen atoms in total. The zero-order chi connectivity index (χ0) is 13.1. The second-order valence-corrected chi connectivity index (χ2v) is 3.93. The topological polar surface area (TPSA) is 67.4 Å². The number of halogens is 1. The van der Waals surface area contributed by atoms with Crippen LogP contribution in [0.1, 0.15) is 18.0 Å². The third kappa shape index (κ3) is 2.48. The molecule has 0 radical (unpaired) electrons. The van der Waals surface area contributed by atoms with Crippen LogP contribution >= 0.6 is 0 Å². The van der Waals surface area contributed by atoms with E-state index in [4.69, 9.17) is 0 Å². The van der Waals surface area contributed by atoms with Gasteiger partial charge in [0.25, 0.3) is 0 Å². The number of amides is 1. The SMILES string of the molecule is COC(=O)CCNC1C(=O)Nc2cc(F)ccc21. The molecule has 0 spiro atoms. The van der Waals surface area contributed by atoms with Crippen molar-refractivity contribution in [2.45, 2.75) is 12.5 Å². The number of carbonyl (C=O) groups excluding carboxylic acids is 2. The summed E-state index contributed by atoms with van der Waals surface area (Å²) in [4.78, 5) is 22.6. The molecule has 0 fully saturated rings. The van der Waals surface area contributed by atoms with E-state index in [1.165, 1.54) is 19.2 Å². The molecule has 1 aliphatic rings. The Kier molecular flexibility index (Phi) is 3.57. The maximum absolute atomic E-state index is 13.0. The number of methoxy groups -OCH3 is 1. The Bertz CT molecular complexity index is 490. The number of hydrogen-bond donors (Lipinski definition) is 2. The standard InChI is InChI=1S/C12H13FN2O3/c1-18-10(16)4-5-14-11-8-3-2-7(13)6-9(8)15-12(11)17/h2-3,6,11,14H,4-5H2,1H3,(H,15,17). The van der Waals surface area contributed by atoms with Gasteiger partial charge in [0.2, 0.25) is 5.91 Å². The zero-order valence-electron chi connectivity index (χ0n) is 9.83. The van der Waals surface area contributed by atoms with Gasteiger partial charge in [-0.05, 0) is 12.1 Å². The van der Waals surface area contributed by atoms with Crippen LogP contribution in [0.25, 0.3) is 0 Å². The van der Waals surface area contributed by atoms with Gasteiger partial charge in [0.15, 0.2) is 0 Å². The summed E-state index contributed by atoms with van der Waals surface area (Å²) in [6.45, 7) is 0.321. The van der Waals surface area contributed by atoms with Crippen LogP contribution in [0.5, 0.6) is 0 Å². The fourth-order valence-corrected chi connectivity index (χ4v) is 1.86. The molecule has 1 heterocycles. The van der Waals surface area contributed by atoms with Crippen molar-refractivity contribution in [1.29, 1.82) is 0 Å². The highest BCUT2D eigenvalue weighted by atomic mass is 19.1. The van der Waals surface area contributed by atoms with E-state index in [9.17, 15) is 14.0 Å². The molecule has 2 N–H and O–H groups in total. The molecule has 0 saturated carbocycles. The minimum Gasteiger partial charge on any atom is -0.469 e. The molecular weight excluding hydrogens is 239 g/mol. The summed E-state index contributed by atoms with van der Waals surface area (Å²) >= 11 is 0. The van der Waals surface area contributed by atoms with Crippen molar-refractivity contribution >= 4 is 17.6 Å². The fraction of sp³-hybridized carbons (Fsp3) is 0.333. The van der Waals surface area contributed by atoms with Crippen molar-refractivity contribution in [2.75, 3.05) is 19.0 Å². The summed E-state index contributed by atoms with van der Waals surface area (Å²) in [5, 5.41) is 5.52. The lowest BCUT2D eigenvalue weighted by atomic mass is 10.1. The number of hydrogen-bond acceptors (Lipinski definition) is 4. The van der Waals surface area contributed by atoms with E-state index >= 15 is 0 Å². The number of ether oxygens (including phenoxy) is 1. The highest BCUT2D eigenvalue weighted by molar-refractivity contribution is 6.02. The quantitative estimate of drug-likeness (QED) is 0.784. The fourth-order valence-electron chi connectivity index (χ4n) is 1.86. The minimum atomic E-state index is -0.551. The van der Waals surface area contributed by atoms with Gasteiger partial charge in [-0.2, -0.15) is 0 Å². The van der Waals surface area contributed by atoms with Gasteiger partial charge in [-0.1, -0.05) is 6.07 Å². The van der Waals surface area contributed by atoms with Gasteiger partial charge in [-0.15, -0.1) is 0 Å². The number of benzene rings is 1. The van der Waals surface area contributed by atoms with Crippen LogP contribution in [0.15, 0.2) is 18.2 Å². The van der Waals surface area contributed by atoms with Crippen LogP contribution in [-0.2, 0) is 14.3 Å². The molecule has 1 aliphatic heterocycles. The van der Waals surface area contributed by atoms with Gasteiger partial charge in [0, 0.05) is 17.8 Å². The summed E-state index contributed by atoms with van der Waals surface area (Å²) in [6.07, 6.45) is 0.177. The predicted octanol–water partition coefficient (Wildman–Crippen LogP) is 0.972. The monoisotopic (exact) mass is 252 g/mol. The Morgan fingerprint density at radius 1 is 1.56 bits per heavy atom. The van der Waals surface area contributed by atoms with E-state index in [1.54, 1.807) is 6.07 Å². The van der Waals surface area contributed by atoms with Gasteiger partial charge in [0.1, 0.15) is 11.9 Å². The van der Waals surface area contributed by atoms with Gasteiger partial charge in [-0.25, -0.2) is 4.39 Å². The maximum Gasteiger partial charge on any atom is 0.306 e. The third-order valence-electron chi connectivity index (χ3n) is 2.75. The molecule has 2 rings (SSSR count). The lowest BCUT2D eigenvalue weighted by Crippen LogP contribution is -2.29. The summed E-state index contributed by atoms with van der Waals surface area (Å²) in [6, 6.07) is 3.58. The average Bonchev–Trinajstić information content (AvgIpc) is 2.64. The summed E-state index contributed by atoms with van der Waals surface area (Å²) in [5.41, 5.74) is 1.15. The lowest BCUT2D eigenvalue weighted by molar-refractivity contribution is -0.140. The first-order valence-corrected chi connectivity index (χ1v) is 5.52. The van der Waals surface area contributed by atoms with Crippen LogP contribution in [0.4, 0.5) is 10.1 Å². The second-order valence-electron chi connectivity index (χ2n) is 3.93. The largest absolute Gasteiger partial charge is 0.469 e. The number of esters is 1. The molecular formula is C12H13FN2O3. The number of anilines is 1. The normalized spacial score (nSPS) is 17.2. The number of rotatable bonds is 4. The summed E-state index contributed by atoms with van der Waals surface area (Å²) in [5.74, 6) is -0.995. The van der Waals surface area contributed by atoms with Crippen molar-refractivity contribution in [3.63, 3.8) is 0 Å². The zero-order valence-corrected chi connectivity index (χ0v) is 9.83. The molecule has 0 saturated heterocycles. The number of nitrogens with one attached hydrogen (secondary N) is 2. The van der Waals surface area contributed by atoms with Crippen LogP contribution in [0.2, 0.25) is 0 Å². The van der Waals surface area contributed by atoms with E-state index in [-0.39, 0.29) is 18.3 Å². The van der Waals surface area contributed by atoms with Crippen molar-refractivity contribution in [1.82, 2.24) is 5.32 Å². The average molecular weight is 252 g/mol. The summed E-state index contributed by atoms with van der Waals surface area (Å²) in [7, 11) is 1.31. The molecule has 1 aromatic rings. The molecule has 0 aromatic heterocycles. The lowest BCUT2D eigenvalue weighted by Gasteiger charge is -2.10. The molecule has 6 heteroatoms. The Balaban J connectivity index is 2.02. The first-order valence-electron chi connectivity index (χ1n) is 5.52. The van der Waals surface area contributed by atoms with Gasteiger partial charge < -0.3 is 15.4 Å². The summed E-state index contributed by atoms with van der Waals surface area (Å²) < 4.78 is 17.5. The predicted molar refractivity (Wildman–Crippen MR) is 62.4 cm³/mol. The Labute approximate surface area is 103 Å². The molecule has 96 valence electrons. The van der Waals surface area contributed by atoms with Crippen molar-refractivity contribution in [3.8, 4) is 0 Å². The van der Waals surface area contributed by atoms with E-state index in [1.807, 2.05) is 0 Å². The Hall–Kier alpha value is -1.95. The van der Waals surface area contributed by atoms with Crippen molar-refractivity contribution in [2.24, 2.45) is 0 Å². The highest BCUT2D eigenvalue weighted by Gasteiger charge is 2.30. The van der Waals surface area contributed by atoms with Crippen molar-refractivity contribution in [3.05, 3.63) is 29.6 Å². The minimum absolute atomic E-state index is 0.177. The molecule has 0 aliphatic carbocycles. The number of carbonyl (C=O) groups is 2. The smallest absolute Gasteiger partial charge is 0.306 e. The molecule has 0 bridgehead atoms. The third-order valence-corrected chi connectivity index (χ3v) is 2.75. The van der Waals surface area contributed by atoms with E-state index in [2.05, 4.69) is 15.4 Å². The molecule has 1 aromatic carbocycles. The van der Waals surface area contributed by atoms with E-state index in [0.717, 1.165) is 0 Å². The van der Waals surface area contributed by atoms with Gasteiger partial charge in [-0.3, -0.25) is 9.59 Å². The van der Waals surface area contributed by atoms with Crippen LogP contribution < -0.4 is 10.6 Å². The van der Waals surface area contributed by atoms with Crippen LogP contribution in [0, 0.1) is 5.82 Å². The van der Waals surface area contributed by atoms with E-state index in [0.29, 0.717) is 17.8 Å². The number of fused-ring (bicyclic) bond motifs is 1. The van der Waals surface area contributed by atoms with Gasteiger partial charge >= 0.3 is 5.97 Å². The van der Waals surface area contributed by atoms with E-state index < -0.39 is 11.9 Å². The molecule has 1 atom stereocenters. The van der Waals surface area contributed by atoms with Crippen LogP contribution in [-0.4, -0.2) is 25.5 Å². The van der Waals surface area contributed by atoms with Gasteiger partial charge in [0.05, 0.1) is 13.5 Å².